The van der Waals surface area contributed by atoms with Crippen molar-refractivity contribution in [1.82, 2.24) is 10.6 Å². The normalized spacial score (nSPS) is 16.7. The number of carbonyl (C=O) groups is 1. The summed E-state index contributed by atoms with van der Waals surface area (Å²) in [7, 11) is 0. The summed E-state index contributed by atoms with van der Waals surface area (Å²) in [6, 6.07) is 13.1. The van der Waals surface area contributed by atoms with Crippen LogP contribution in [-0.2, 0) is 4.79 Å². The van der Waals surface area contributed by atoms with Crippen LogP contribution in [0, 0.1) is 17.0 Å². The molecule has 1 saturated heterocycles. The zero-order chi connectivity index (χ0) is 19.3. The summed E-state index contributed by atoms with van der Waals surface area (Å²) >= 11 is 1.23. The van der Waals surface area contributed by atoms with Crippen molar-refractivity contribution in [3.8, 4) is 0 Å². The molecule has 7 heteroatoms. The van der Waals surface area contributed by atoms with Gasteiger partial charge in [-0.1, -0.05) is 37.3 Å². The first-order valence-corrected chi connectivity index (χ1v) is 10.00. The van der Waals surface area contributed by atoms with Crippen LogP contribution >= 0.6 is 24.2 Å². The molecule has 2 aromatic rings. The maximum Gasteiger partial charge on any atom is 0.238 e. The van der Waals surface area contributed by atoms with Gasteiger partial charge in [0.15, 0.2) is 11.6 Å². The standard InChI is InChI=1S/C21H24F2N2OS.ClH/c1-21(9-11-24-12-10-21)14-25-20(26)19(15-5-3-2-4-6-15)27-16-7-8-17(22)18(23)13-16;/h2-8,13,19,24H,9-12,14H2,1H3,(H,25,26);1H. The number of thioether (sulfide) groups is 1. The molecule has 3 nitrogen and oxygen atoms in total. The Bertz CT molecular complexity index is 785. The highest BCUT2D eigenvalue weighted by atomic mass is 35.5. The van der Waals surface area contributed by atoms with Gasteiger partial charge in [-0.05, 0) is 55.1 Å². The van der Waals surface area contributed by atoms with Crippen LogP contribution in [0.5, 0.6) is 0 Å². The molecule has 1 heterocycles. The lowest BCUT2D eigenvalue weighted by Gasteiger charge is -2.34. The highest BCUT2D eigenvalue weighted by Gasteiger charge is 2.29. The first-order valence-electron chi connectivity index (χ1n) is 9.12. The van der Waals surface area contributed by atoms with Gasteiger partial charge in [0.1, 0.15) is 5.25 Å². The second-order valence-corrected chi connectivity index (χ2v) is 8.44. The second kappa shape index (κ2) is 10.2. The fourth-order valence-electron chi connectivity index (χ4n) is 3.19. The molecule has 3 rings (SSSR count). The van der Waals surface area contributed by atoms with E-state index in [-0.39, 0.29) is 23.7 Å². The summed E-state index contributed by atoms with van der Waals surface area (Å²) in [6.45, 7) is 4.71. The van der Waals surface area contributed by atoms with E-state index < -0.39 is 16.9 Å². The van der Waals surface area contributed by atoms with Crippen molar-refractivity contribution in [2.45, 2.75) is 29.9 Å². The van der Waals surface area contributed by atoms with Crippen LogP contribution in [0.3, 0.4) is 0 Å². The van der Waals surface area contributed by atoms with Crippen LogP contribution in [0.1, 0.15) is 30.6 Å². The van der Waals surface area contributed by atoms with Crippen molar-refractivity contribution < 1.29 is 13.6 Å². The predicted octanol–water partition coefficient (Wildman–Crippen LogP) is 4.73. The summed E-state index contributed by atoms with van der Waals surface area (Å²) in [5, 5.41) is 5.89. The average molecular weight is 427 g/mol. The fourth-order valence-corrected chi connectivity index (χ4v) is 4.26. The molecule has 1 fully saturated rings. The molecule has 0 aliphatic carbocycles. The van der Waals surface area contributed by atoms with E-state index in [1.165, 1.54) is 17.8 Å². The summed E-state index contributed by atoms with van der Waals surface area (Å²) < 4.78 is 26.8. The van der Waals surface area contributed by atoms with E-state index in [9.17, 15) is 13.6 Å². The molecule has 0 spiro atoms. The van der Waals surface area contributed by atoms with Gasteiger partial charge in [0, 0.05) is 11.4 Å². The van der Waals surface area contributed by atoms with Crippen molar-refractivity contribution in [2.24, 2.45) is 5.41 Å². The number of amides is 1. The van der Waals surface area contributed by atoms with Gasteiger partial charge in [-0.2, -0.15) is 0 Å². The molecule has 2 N–H and O–H groups in total. The van der Waals surface area contributed by atoms with Crippen molar-refractivity contribution in [1.29, 1.82) is 0 Å². The molecule has 0 radical (unpaired) electrons. The number of hydrogen-bond acceptors (Lipinski definition) is 3. The van der Waals surface area contributed by atoms with Crippen LogP contribution in [0.25, 0.3) is 0 Å². The van der Waals surface area contributed by atoms with E-state index in [0.29, 0.717) is 11.4 Å². The molecular weight excluding hydrogens is 402 g/mol. The van der Waals surface area contributed by atoms with E-state index in [1.807, 2.05) is 30.3 Å². The summed E-state index contributed by atoms with van der Waals surface area (Å²) in [5.74, 6) is -1.91. The van der Waals surface area contributed by atoms with Crippen molar-refractivity contribution >= 4 is 30.1 Å². The van der Waals surface area contributed by atoms with E-state index in [0.717, 1.165) is 43.6 Å². The largest absolute Gasteiger partial charge is 0.354 e. The van der Waals surface area contributed by atoms with Crippen LogP contribution in [-0.4, -0.2) is 25.5 Å². The first-order chi connectivity index (χ1) is 13.0. The highest BCUT2D eigenvalue weighted by Crippen LogP contribution is 2.36. The highest BCUT2D eigenvalue weighted by molar-refractivity contribution is 8.00. The van der Waals surface area contributed by atoms with Crippen LogP contribution in [0.4, 0.5) is 8.78 Å². The Hall–Kier alpha value is -1.63. The van der Waals surface area contributed by atoms with Gasteiger partial charge in [0.05, 0.1) is 0 Å². The minimum Gasteiger partial charge on any atom is -0.354 e. The molecule has 0 bridgehead atoms. The van der Waals surface area contributed by atoms with Crippen LogP contribution < -0.4 is 10.6 Å². The number of halogens is 3. The van der Waals surface area contributed by atoms with Crippen molar-refractivity contribution in [3.63, 3.8) is 0 Å². The Kier molecular flexibility index (Phi) is 8.28. The fraction of sp³-hybridized carbons (Fsp3) is 0.381. The molecule has 1 unspecified atom stereocenters. The first kappa shape index (κ1) is 22.7. The lowest BCUT2D eigenvalue weighted by molar-refractivity contribution is -0.121. The molecule has 1 aliphatic rings. The quantitative estimate of drug-likeness (QED) is 0.656. The molecule has 2 aromatic carbocycles. The predicted molar refractivity (Wildman–Crippen MR) is 112 cm³/mol. The summed E-state index contributed by atoms with van der Waals surface area (Å²) in [5.41, 5.74) is 0.912. The second-order valence-electron chi connectivity index (χ2n) is 7.26. The van der Waals surface area contributed by atoms with Crippen LogP contribution in [0.2, 0.25) is 0 Å². The molecule has 0 aromatic heterocycles. The van der Waals surface area contributed by atoms with E-state index in [2.05, 4.69) is 17.6 Å². The Morgan fingerprint density at radius 1 is 1.14 bits per heavy atom. The topological polar surface area (TPSA) is 41.1 Å². The Balaban J connectivity index is 0.00000280. The van der Waals surface area contributed by atoms with Gasteiger partial charge in [-0.3, -0.25) is 4.79 Å². The molecule has 1 amide bonds. The van der Waals surface area contributed by atoms with E-state index in [4.69, 9.17) is 0 Å². The van der Waals surface area contributed by atoms with Gasteiger partial charge in [-0.15, -0.1) is 24.2 Å². The van der Waals surface area contributed by atoms with Gasteiger partial charge in [0.25, 0.3) is 0 Å². The monoisotopic (exact) mass is 426 g/mol. The average Bonchev–Trinajstić information content (AvgIpc) is 2.68. The van der Waals surface area contributed by atoms with Gasteiger partial charge < -0.3 is 10.6 Å². The lowest BCUT2D eigenvalue weighted by atomic mass is 9.81. The summed E-state index contributed by atoms with van der Waals surface area (Å²) in [6.07, 6.45) is 2.03. The third kappa shape index (κ3) is 5.93. The van der Waals surface area contributed by atoms with E-state index in [1.54, 1.807) is 0 Å². The number of rotatable bonds is 6. The minimum atomic E-state index is -0.908. The maximum absolute atomic E-state index is 13.6. The number of carbonyl (C=O) groups excluding carboxylic acids is 1. The number of hydrogen-bond donors (Lipinski definition) is 2. The Labute approximate surface area is 175 Å². The Morgan fingerprint density at radius 2 is 1.82 bits per heavy atom. The zero-order valence-electron chi connectivity index (χ0n) is 15.7. The SMILES string of the molecule is CC1(CNC(=O)C(Sc2ccc(F)c(F)c2)c2ccccc2)CCNCC1.Cl. The Morgan fingerprint density at radius 3 is 2.46 bits per heavy atom. The molecule has 28 heavy (non-hydrogen) atoms. The van der Waals surface area contributed by atoms with Crippen molar-refractivity contribution in [2.75, 3.05) is 19.6 Å². The molecule has 0 saturated carbocycles. The number of nitrogens with one attached hydrogen (secondary N) is 2. The van der Waals surface area contributed by atoms with Gasteiger partial charge in [0.2, 0.25) is 5.91 Å². The number of benzene rings is 2. The third-order valence-electron chi connectivity index (χ3n) is 4.99. The molecule has 152 valence electrons. The minimum absolute atomic E-state index is 0. The summed E-state index contributed by atoms with van der Waals surface area (Å²) in [4.78, 5) is 13.5. The van der Waals surface area contributed by atoms with Crippen LogP contribution in [0.15, 0.2) is 53.4 Å². The third-order valence-corrected chi connectivity index (χ3v) is 6.23. The van der Waals surface area contributed by atoms with Gasteiger partial charge in [-0.25, -0.2) is 8.78 Å². The maximum atomic E-state index is 13.6. The van der Waals surface area contributed by atoms with Crippen molar-refractivity contribution in [3.05, 3.63) is 65.7 Å². The van der Waals surface area contributed by atoms with Gasteiger partial charge >= 0.3 is 0 Å². The molecular formula is C21H25ClF2N2OS. The molecule has 1 aliphatic heterocycles. The lowest BCUT2D eigenvalue weighted by Crippen LogP contribution is -2.43. The smallest absolute Gasteiger partial charge is 0.238 e. The molecule has 1 atom stereocenters. The number of piperidine rings is 1. The van der Waals surface area contributed by atoms with E-state index >= 15 is 0 Å². The zero-order valence-corrected chi connectivity index (χ0v) is 17.3.